The van der Waals surface area contributed by atoms with Crippen LogP contribution in [0, 0.1) is 0 Å². The van der Waals surface area contributed by atoms with Crippen LogP contribution >= 0.6 is 0 Å². The summed E-state index contributed by atoms with van der Waals surface area (Å²) in [5.41, 5.74) is 0.878. The highest BCUT2D eigenvalue weighted by molar-refractivity contribution is 7.88. The van der Waals surface area contributed by atoms with Gasteiger partial charge in [0, 0.05) is 19.6 Å². The van der Waals surface area contributed by atoms with E-state index in [-0.39, 0.29) is 25.9 Å². The van der Waals surface area contributed by atoms with Crippen molar-refractivity contribution in [2.45, 2.75) is 6.54 Å². The van der Waals surface area contributed by atoms with Crippen molar-refractivity contribution in [2.75, 3.05) is 26.1 Å². The van der Waals surface area contributed by atoms with Gasteiger partial charge in [-0.05, 0) is 17.7 Å². The Bertz CT molecular complexity index is 617. The van der Waals surface area contributed by atoms with E-state index in [1.165, 1.54) is 0 Å². The second kappa shape index (κ2) is 6.64. The number of fused-ring (bicyclic) bond motifs is 1. The first-order valence-electron chi connectivity index (χ1n) is 6.29. The number of urea groups is 1. The lowest BCUT2D eigenvalue weighted by Gasteiger charge is -2.08. The Morgan fingerprint density at radius 1 is 1.19 bits per heavy atom. The fourth-order valence-corrected chi connectivity index (χ4v) is 2.18. The predicted octanol–water partition coefficient (Wildman–Crippen LogP) is -0.236. The fraction of sp³-hybridized carbons (Fsp3) is 0.417. The summed E-state index contributed by atoms with van der Waals surface area (Å²) >= 11 is 0. The molecule has 0 saturated carbocycles. The molecule has 0 fully saturated rings. The number of carbonyl (C=O) groups is 1. The summed E-state index contributed by atoms with van der Waals surface area (Å²) < 4.78 is 34.4. The van der Waals surface area contributed by atoms with Crippen LogP contribution in [0.4, 0.5) is 4.79 Å². The van der Waals surface area contributed by atoms with Crippen LogP contribution in [0.5, 0.6) is 11.5 Å². The summed E-state index contributed by atoms with van der Waals surface area (Å²) in [6.45, 7) is 0.901. The standard InChI is InChI=1S/C12H17N3O5S/c1-21(17,18)15-5-4-13-12(16)14-7-9-2-3-10-11(6-9)20-8-19-10/h2-3,6,15H,4-5,7-8H2,1H3,(H2,13,14,16). The summed E-state index contributed by atoms with van der Waals surface area (Å²) in [5, 5.41) is 5.21. The van der Waals surface area contributed by atoms with Gasteiger partial charge in [-0.2, -0.15) is 0 Å². The smallest absolute Gasteiger partial charge is 0.315 e. The Balaban J connectivity index is 1.69. The molecule has 1 aromatic rings. The van der Waals surface area contributed by atoms with E-state index in [4.69, 9.17) is 9.47 Å². The molecule has 1 heterocycles. The van der Waals surface area contributed by atoms with Crippen LogP contribution < -0.4 is 24.8 Å². The average Bonchev–Trinajstić information content (AvgIpc) is 2.87. The van der Waals surface area contributed by atoms with Crippen molar-refractivity contribution >= 4 is 16.1 Å². The van der Waals surface area contributed by atoms with Gasteiger partial charge in [-0.15, -0.1) is 0 Å². The van der Waals surface area contributed by atoms with Crippen LogP contribution in [-0.2, 0) is 16.6 Å². The number of hydrogen-bond donors (Lipinski definition) is 3. The van der Waals surface area contributed by atoms with E-state index in [1.807, 2.05) is 6.07 Å². The van der Waals surface area contributed by atoms with Crippen LogP contribution in [-0.4, -0.2) is 40.6 Å². The van der Waals surface area contributed by atoms with Crippen LogP contribution in [0.1, 0.15) is 5.56 Å². The monoisotopic (exact) mass is 315 g/mol. The molecule has 0 atom stereocenters. The van der Waals surface area contributed by atoms with Crippen molar-refractivity contribution in [3.05, 3.63) is 23.8 Å². The minimum atomic E-state index is -3.23. The van der Waals surface area contributed by atoms with Gasteiger partial charge < -0.3 is 20.1 Å². The highest BCUT2D eigenvalue weighted by Crippen LogP contribution is 2.32. The molecule has 0 unspecified atom stereocenters. The van der Waals surface area contributed by atoms with E-state index in [1.54, 1.807) is 12.1 Å². The summed E-state index contributed by atoms with van der Waals surface area (Å²) in [6, 6.07) is 5.04. The number of rotatable bonds is 6. The molecule has 0 bridgehead atoms. The van der Waals surface area contributed by atoms with Gasteiger partial charge >= 0.3 is 6.03 Å². The summed E-state index contributed by atoms with van der Waals surface area (Å²) in [7, 11) is -3.23. The molecule has 1 aromatic carbocycles. The van der Waals surface area contributed by atoms with Crippen molar-refractivity contribution in [1.82, 2.24) is 15.4 Å². The van der Waals surface area contributed by atoms with E-state index in [2.05, 4.69) is 15.4 Å². The number of carbonyl (C=O) groups excluding carboxylic acids is 1. The molecular weight excluding hydrogens is 298 g/mol. The zero-order chi connectivity index (χ0) is 15.3. The number of benzene rings is 1. The van der Waals surface area contributed by atoms with Crippen molar-refractivity contribution in [1.29, 1.82) is 0 Å². The Morgan fingerprint density at radius 2 is 1.95 bits per heavy atom. The van der Waals surface area contributed by atoms with Crippen LogP contribution in [0.2, 0.25) is 0 Å². The molecule has 2 amide bonds. The molecule has 3 N–H and O–H groups in total. The molecule has 8 nitrogen and oxygen atoms in total. The summed E-state index contributed by atoms with van der Waals surface area (Å²) in [6.07, 6.45) is 1.06. The maximum atomic E-state index is 11.5. The lowest BCUT2D eigenvalue weighted by atomic mass is 10.2. The number of sulfonamides is 1. The largest absolute Gasteiger partial charge is 0.454 e. The number of nitrogens with one attached hydrogen (secondary N) is 3. The third-order valence-electron chi connectivity index (χ3n) is 2.66. The van der Waals surface area contributed by atoms with Gasteiger partial charge in [-0.3, -0.25) is 0 Å². The minimum Gasteiger partial charge on any atom is -0.454 e. The molecule has 116 valence electrons. The zero-order valence-corrected chi connectivity index (χ0v) is 12.3. The Morgan fingerprint density at radius 3 is 2.71 bits per heavy atom. The number of amides is 2. The van der Waals surface area contributed by atoms with Crippen LogP contribution in [0.15, 0.2) is 18.2 Å². The minimum absolute atomic E-state index is 0.149. The Labute approximate surface area is 122 Å². The summed E-state index contributed by atoms with van der Waals surface area (Å²) in [5.74, 6) is 1.35. The third-order valence-corrected chi connectivity index (χ3v) is 3.39. The Kier molecular flexibility index (Phi) is 4.86. The van der Waals surface area contributed by atoms with Gasteiger partial charge in [-0.25, -0.2) is 17.9 Å². The SMILES string of the molecule is CS(=O)(=O)NCCNC(=O)NCc1ccc2c(c1)OCO2. The quantitative estimate of drug-likeness (QED) is 0.629. The van der Waals surface area contributed by atoms with E-state index in [9.17, 15) is 13.2 Å². The molecule has 2 rings (SSSR count). The maximum absolute atomic E-state index is 11.5. The van der Waals surface area contributed by atoms with E-state index < -0.39 is 10.0 Å². The maximum Gasteiger partial charge on any atom is 0.315 e. The second-order valence-electron chi connectivity index (χ2n) is 4.46. The molecule has 0 spiro atoms. The first-order valence-corrected chi connectivity index (χ1v) is 8.18. The lowest BCUT2D eigenvalue weighted by molar-refractivity contribution is 0.174. The van der Waals surface area contributed by atoms with Gasteiger partial charge in [0.15, 0.2) is 11.5 Å². The highest BCUT2D eigenvalue weighted by Gasteiger charge is 2.13. The molecule has 0 radical (unpaired) electrons. The molecule has 9 heteroatoms. The van der Waals surface area contributed by atoms with Crippen molar-refractivity contribution in [2.24, 2.45) is 0 Å². The molecular formula is C12H17N3O5S. The molecule has 1 aliphatic heterocycles. The van der Waals surface area contributed by atoms with Crippen molar-refractivity contribution in [3.8, 4) is 11.5 Å². The van der Waals surface area contributed by atoms with Crippen molar-refractivity contribution < 1.29 is 22.7 Å². The van der Waals surface area contributed by atoms with Gasteiger partial charge in [0.1, 0.15) is 0 Å². The topological polar surface area (TPSA) is 106 Å². The van der Waals surface area contributed by atoms with E-state index in [0.29, 0.717) is 18.0 Å². The van der Waals surface area contributed by atoms with Crippen LogP contribution in [0.25, 0.3) is 0 Å². The van der Waals surface area contributed by atoms with E-state index >= 15 is 0 Å². The fourth-order valence-electron chi connectivity index (χ4n) is 1.71. The number of ether oxygens (including phenoxy) is 2. The predicted molar refractivity (Wildman–Crippen MR) is 75.6 cm³/mol. The summed E-state index contributed by atoms with van der Waals surface area (Å²) in [4.78, 5) is 11.5. The third kappa shape index (κ3) is 5.12. The average molecular weight is 315 g/mol. The normalized spacial score (nSPS) is 13.0. The van der Waals surface area contributed by atoms with Gasteiger partial charge in [0.2, 0.25) is 16.8 Å². The van der Waals surface area contributed by atoms with Gasteiger partial charge in [0.25, 0.3) is 0 Å². The number of hydrogen-bond acceptors (Lipinski definition) is 5. The van der Waals surface area contributed by atoms with E-state index in [0.717, 1.165) is 11.8 Å². The first kappa shape index (κ1) is 15.4. The van der Waals surface area contributed by atoms with Crippen LogP contribution in [0.3, 0.4) is 0 Å². The van der Waals surface area contributed by atoms with Crippen molar-refractivity contribution in [3.63, 3.8) is 0 Å². The van der Waals surface area contributed by atoms with Gasteiger partial charge in [0.05, 0.1) is 6.26 Å². The molecule has 0 aromatic heterocycles. The molecule has 1 aliphatic rings. The Hall–Kier alpha value is -2.00. The van der Waals surface area contributed by atoms with Gasteiger partial charge in [-0.1, -0.05) is 6.07 Å². The second-order valence-corrected chi connectivity index (χ2v) is 6.30. The highest BCUT2D eigenvalue weighted by atomic mass is 32.2. The first-order chi connectivity index (χ1) is 9.94. The zero-order valence-electron chi connectivity index (χ0n) is 11.5. The molecule has 0 saturated heterocycles. The molecule has 21 heavy (non-hydrogen) atoms. The molecule has 0 aliphatic carbocycles. The lowest BCUT2D eigenvalue weighted by Crippen LogP contribution is -2.39.